The summed E-state index contributed by atoms with van der Waals surface area (Å²) in [4.78, 5) is 21.9. The molecule has 4 nitrogen and oxygen atoms in total. The van der Waals surface area contributed by atoms with Crippen molar-refractivity contribution in [2.45, 2.75) is 51.6 Å². The molecule has 0 heterocycles. The quantitative estimate of drug-likeness (QED) is 0.752. The first-order valence-electron chi connectivity index (χ1n) is 6.46. The fourth-order valence-corrected chi connectivity index (χ4v) is 3.41. The van der Waals surface area contributed by atoms with Crippen molar-refractivity contribution in [2.24, 2.45) is 17.8 Å². The molecule has 0 aliphatic heterocycles. The van der Waals surface area contributed by atoms with Gasteiger partial charge in [-0.15, -0.1) is 0 Å². The maximum Gasteiger partial charge on any atom is 0.306 e. The molecule has 0 aromatic rings. The third-order valence-electron chi connectivity index (χ3n) is 4.25. The van der Waals surface area contributed by atoms with E-state index < -0.39 is 5.97 Å². The number of hydrogen-bond acceptors (Lipinski definition) is 3. The summed E-state index contributed by atoms with van der Waals surface area (Å²) in [7, 11) is 0. The van der Waals surface area contributed by atoms with Gasteiger partial charge < -0.3 is 9.84 Å². The highest BCUT2D eigenvalue weighted by Gasteiger charge is 2.38. The van der Waals surface area contributed by atoms with Crippen molar-refractivity contribution < 1.29 is 19.4 Å². The number of fused-ring (bicyclic) bond motifs is 1. The fourth-order valence-electron chi connectivity index (χ4n) is 3.41. The first kappa shape index (κ1) is 12.4. The molecule has 0 spiro atoms. The van der Waals surface area contributed by atoms with Gasteiger partial charge in [0.15, 0.2) is 0 Å². The van der Waals surface area contributed by atoms with Crippen molar-refractivity contribution in [3.63, 3.8) is 0 Å². The Kier molecular flexibility index (Phi) is 3.69. The fraction of sp³-hybridized carbons (Fsp3) is 0.846. The van der Waals surface area contributed by atoms with E-state index >= 15 is 0 Å². The molecule has 0 saturated heterocycles. The van der Waals surface area contributed by atoms with E-state index in [1.54, 1.807) is 0 Å². The van der Waals surface area contributed by atoms with Crippen molar-refractivity contribution in [1.82, 2.24) is 0 Å². The van der Waals surface area contributed by atoms with E-state index in [1.165, 1.54) is 6.92 Å². The van der Waals surface area contributed by atoms with Gasteiger partial charge >= 0.3 is 11.9 Å². The van der Waals surface area contributed by atoms with Crippen LogP contribution >= 0.6 is 0 Å². The molecule has 2 aliphatic rings. The standard InChI is InChI=1S/C13H20O4/c1-8(14)17-12-5-4-9-6-11(13(15)16)3-2-10(9)7-12/h9-12H,2-7H2,1H3,(H,15,16). The Balaban J connectivity index is 1.88. The summed E-state index contributed by atoms with van der Waals surface area (Å²) in [5.41, 5.74) is 0. The van der Waals surface area contributed by atoms with Gasteiger partial charge in [0, 0.05) is 6.92 Å². The van der Waals surface area contributed by atoms with Gasteiger partial charge in [0.25, 0.3) is 0 Å². The SMILES string of the molecule is CC(=O)OC1CCC2CC(C(=O)O)CCC2C1. The Morgan fingerprint density at radius 1 is 1.06 bits per heavy atom. The molecule has 96 valence electrons. The molecule has 2 aliphatic carbocycles. The summed E-state index contributed by atoms with van der Waals surface area (Å²) in [6.07, 6.45) is 5.46. The van der Waals surface area contributed by atoms with Crippen LogP contribution in [0, 0.1) is 17.8 Å². The normalized spacial score (nSPS) is 37.0. The number of carboxylic acids is 1. The van der Waals surface area contributed by atoms with E-state index in [1.807, 2.05) is 0 Å². The molecule has 0 aromatic carbocycles. The summed E-state index contributed by atoms with van der Waals surface area (Å²) >= 11 is 0. The van der Waals surface area contributed by atoms with Crippen molar-refractivity contribution >= 4 is 11.9 Å². The first-order valence-corrected chi connectivity index (χ1v) is 6.46. The zero-order chi connectivity index (χ0) is 12.4. The minimum Gasteiger partial charge on any atom is -0.481 e. The van der Waals surface area contributed by atoms with Crippen molar-refractivity contribution in [1.29, 1.82) is 0 Å². The Hall–Kier alpha value is -1.06. The number of hydrogen-bond donors (Lipinski definition) is 1. The highest BCUT2D eigenvalue weighted by atomic mass is 16.5. The smallest absolute Gasteiger partial charge is 0.306 e. The van der Waals surface area contributed by atoms with Crippen LogP contribution in [0.25, 0.3) is 0 Å². The number of carbonyl (C=O) groups is 2. The van der Waals surface area contributed by atoms with Crippen LogP contribution in [0.5, 0.6) is 0 Å². The zero-order valence-corrected chi connectivity index (χ0v) is 10.2. The second-order valence-electron chi connectivity index (χ2n) is 5.41. The van der Waals surface area contributed by atoms with E-state index in [-0.39, 0.29) is 18.0 Å². The van der Waals surface area contributed by atoms with Crippen LogP contribution in [0.2, 0.25) is 0 Å². The number of carbonyl (C=O) groups excluding carboxylic acids is 1. The van der Waals surface area contributed by atoms with Gasteiger partial charge in [-0.1, -0.05) is 0 Å². The lowest BCUT2D eigenvalue weighted by atomic mass is 9.67. The van der Waals surface area contributed by atoms with Crippen LogP contribution in [0.1, 0.15) is 45.4 Å². The van der Waals surface area contributed by atoms with Gasteiger partial charge in [0.2, 0.25) is 0 Å². The van der Waals surface area contributed by atoms with Crippen LogP contribution in [-0.4, -0.2) is 23.1 Å². The molecule has 0 bridgehead atoms. The summed E-state index contributed by atoms with van der Waals surface area (Å²) < 4.78 is 5.26. The number of rotatable bonds is 2. The molecule has 0 amide bonds. The summed E-state index contributed by atoms with van der Waals surface area (Å²) in [5, 5.41) is 9.03. The lowest BCUT2D eigenvalue weighted by molar-refractivity contribution is -0.150. The summed E-state index contributed by atoms with van der Waals surface area (Å²) in [6.45, 7) is 1.45. The molecular weight excluding hydrogens is 220 g/mol. The third-order valence-corrected chi connectivity index (χ3v) is 4.25. The monoisotopic (exact) mass is 240 g/mol. The Morgan fingerprint density at radius 2 is 1.71 bits per heavy atom. The van der Waals surface area contributed by atoms with Gasteiger partial charge in [-0.3, -0.25) is 9.59 Å². The maximum absolute atomic E-state index is 11.0. The molecular formula is C13H20O4. The predicted octanol–water partition coefficient (Wildman–Crippen LogP) is 2.22. The number of aliphatic carboxylic acids is 1. The summed E-state index contributed by atoms with van der Waals surface area (Å²) in [6, 6.07) is 0. The highest BCUT2D eigenvalue weighted by molar-refractivity contribution is 5.70. The van der Waals surface area contributed by atoms with Crippen LogP contribution in [0.15, 0.2) is 0 Å². The molecule has 2 rings (SSSR count). The van der Waals surface area contributed by atoms with E-state index in [4.69, 9.17) is 9.84 Å². The molecule has 4 atom stereocenters. The van der Waals surface area contributed by atoms with Crippen molar-refractivity contribution in [2.75, 3.05) is 0 Å². The molecule has 1 N–H and O–H groups in total. The van der Waals surface area contributed by atoms with Crippen LogP contribution in [0.3, 0.4) is 0 Å². The van der Waals surface area contributed by atoms with E-state index in [0.717, 1.165) is 38.5 Å². The van der Waals surface area contributed by atoms with Crippen LogP contribution < -0.4 is 0 Å². The average molecular weight is 240 g/mol. The predicted molar refractivity (Wildman–Crippen MR) is 61.4 cm³/mol. The molecule has 2 fully saturated rings. The molecule has 0 radical (unpaired) electrons. The minimum atomic E-state index is -0.648. The maximum atomic E-state index is 11.0. The van der Waals surface area contributed by atoms with Gasteiger partial charge in [-0.25, -0.2) is 0 Å². The lowest BCUT2D eigenvalue weighted by Gasteiger charge is -2.40. The Labute approximate surface area is 101 Å². The average Bonchev–Trinajstić information content (AvgIpc) is 2.27. The van der Waals surface area contributed by atoms with Gasteiger partial charge in [-0.2, -0.15) is 0 Å². The van der Waals surface area contributed by atoms with Gasteiger partial charge in [0.1, 0.15) is 6.10 Å². The Bertz CT molecular complexity index is 313. The van der Waals surface area contributed by atoms with Gasteiger partial charge in [0.05, 0.1) is 5.92 Å². The summed E-state index contributed by atoms with van der Waals surface area (Å²) in [5.74, 6) is 0.0834. The van der Waals surface area contributed by atoms with Crippen LogP contribution in [0.4, 0.5) is 0 Å². The molecule has 4 unspecified atom stereocenters. The molecule has 4 heteroatoms. The number of carboxylic acid groups (broad SMARTS) is 1. The van der Waals surface area contributed by atoms with E-state index in [9.17, 15) is 9.59 Å². The topological polar surface area (TPSA) is 63.6 Å². The second kappa shape index (κ2) is 5.07. The first-order chi connectivity index (χ1) is 8.06. The number of esters is 1. The minimum absolute atomic E-state index is 0.0649. The molecule has 0 aromatic heterocycles. The second-order valence-corrected chi connectivity index (χ2v) is 5.41. The number of ether oxygens (including phenoxy) is 1. The van der Waals surface area contributed by atoms with E-state index in [0.29, 0.717) is 11.8 Å². The largest absolute Gasteiger partial charge is 0.481 e. The van der Waals surface area contributed by atoms with Crippen molar-refractivity contribution in [3.05, 3.63) is 0 Å². The van der Waals surface area contributed by atoms with E-state index in [2.05, 4.69) is 0 Å². The third kappa shape index (κ3) is 2.99. The van der Waals surface area contributed by atoms with Gasteiger partial charge in [-0.05, 0) is 50.4 Å². The zero-order valence-electron chi connectivity index (χ0n) is 10.2. The Morgan fingerprint density at radius 3 is 2.35 bits per heavy atom. The lowest BCUT2D eigenvalue weighted by Crippen LogP contribution is -2.36. The highest BCUT2D eigenvalue weighted by Crippen LogP contribution is 2.43. The molecule has 2 saturated carbocycles. The molecule has 17 heavy (non-hydrogen) atoms. The van der Waals surface area contributed by atoms with Crippen molar-refractivity contribution in [3.8, 4) is 0 Å². The van der Waals surface area contributed by atoms with Crippen LogP contribution in [-0.2, 0) is 14.3 Å².